The van der Waals surface area contributed by atoms with Crippen molar-refractivity contribution in [1.82, 2.24) is 9.55 Å². The molecule has 0 aliphatic heterocycles. The number of imidazole rings is 1. The fourth-order valence-electron chi connectivity index (χ4n) is 1.70. The van der Waals surface area contributed by atoms with E-state index < -0.39 is 10.0 Å². The van der Waals surface area contributed by atoms with Crippen molar-refractivity contribution in [2.75, 3.05) is 0 Å². The lowest BCUT2D eigenvalue weighted by atomic mass is 10.1. The van der Waals surface area contributed by atoms with Gasteiger partial charge in [-0.1, -0.05) is 12.1 Å². The fourth-order valence-corrected chi connectivity index (χ4v) is 2.35. The zero-order valence-corrected chi connectivity index (χ0v) is 10.8. The Kier molecular flexibility index (Phi) is 3.64. The van der Waals surface area contributed by atoms with E-state index in [0.717, 1.165) is 5.56 Å². The monoisotopic (exact) mass is 276 g/mol. The summed E-state index contributed by atoms with van der Waals surface area (Å²) >= 11 is 0. The van der Waals surface area contributed by atoms with Gasteiger partial charge in [0.25, 0.3) is 0 Å². The lowest BCUT2D eigenvalue weighted by Crippen LogP contribution is -2.17. The molecule has 2 N–H and O–H groups in total. The first-order valence-electron chi connectivity index (χ1n) is 5.46. The SMILES string of the molecule is N#Cc1ccc(Cn2cncc2CS(N)(=O)=O)cc1. The van der Waals surface area contributed by atoms with Gasteiger partial charge in [0, 0.05) is 12.7 Å². The lowest BCUT2D eigenvalue weighted by Gasteiger charge is -2.07. The van der Waals surface area contributed by atoms with Crippen molar-refractivity contribution in [3.8, 4) is 6.07 Å². The highest BCUT2D eigenvalue weighted by atomic mass is 32.2. The first-order valence-corrected chi connectivity index (χ1v) is 7.18. The molecule has 0 amide bonds. The number of nitriles is 1. The summed E-state index contributed by atoms with van der Waals surface area (Å²) in [7, 11) is -3.58. The van der Waals surface area contributed by atoms with E-state index in [1.807, 2.05) is 18.2 Å². The molecule has 0 unspecified atom stereocenters. The molecule has 0 aliphatic rings. The Morgan fingerprint density at radius 2 is 2.00 bits per heavy atom. The number of nitrogens with zero attached hydrogens (tertiary/aromatic N) is 3. The summed E-state index contributed by atoms with van der Waals surface area (Å²) in [6.45, 7) is 0.483. The second-order valence-corrected chi connectivity index (χ2v) is 5.74. The predicted molar refractivity (Wildman–Crippen MR) is 69.3 cm³/mol. The minimum Gasteiger partial charge on any atom is -0.329 e. The van der Waals surface area contributed by atoms with E-state index in [4.69, 9.17) is 10.4 Å². The average Bonchev–Trinajstić information content (AvgIpc) is 2.75. The van der Waals surface area contributed by atoms with Crippen LogP contribution in [0.1, 0.15) is 16.8 Å². The van der Waals surface area contributed by atoms with Crippen LogP contribution in [0.15, 0.2) is 36.8 Å². The second-order valence-electron chi connectivity index (χ2n) is 4.13. The maximum Gasteiger partial charge on any atom is 0.214 e. The Morgan fingerprint density at radius 3 is 2.58 bits per heavy atom. The number of benzene rings is 1. The normalized spacial score (nSPS) is 11.2. The first-order chi connectivity index (χ1) is 8.98. The molecule has 0 atom stereocenters. The van der Waals surface area contributed by atoms with Gasteiger partial charge in [-0.15, -0.1) is 0 Å². The third-order valence-electron chi connectivity index (χ3n) is 2.58. The summed E-state index contributed by atoms with van der Waals surface area (Å²) in [6.07, 6.45) is 3.03. The quantitative estimate of drug-likeness (QED) is 0.882. The zero-order valence-electron chi connectivity index (χ0n) is 10.0. The molecule has 7 heteroatoms. The van der Waals surface area contributed by atoms with Gasteiger partial charge in [-0.2, -0.15) is 5.26 Å². The summed E-state index contributed by atoms with van der Waals surface area (Å²) in [4.78, 5) is 3.93. The van der Waals surface area contributed by atoms with Crippen molar-refractivity contribution in [2.24, 2.45) is 5.14 Å². The van der Waals surface area contributed by atoms with Crippen LogP contribution in [0.25, 0.3) is 0 Å². The number of hydrogen-bond donors (Lipinski definition) is 1. The van der Waals surface area contributed by atoms with Crippen molar-refractivity contribution in [3.63, 3.8) is 0 Å². The van der Waals surface area contributed by atoms with Crippen LogP contribution in [-0.4, -0.2) is 18.0 Å². The molecule has 0 spiro atoms. The van der Waals surface area contributed by atoms with Crippen molar-refractivity contribution in [3.05, 3.63) is 53.6 Å². The zero-order chi connectivity index (χ0) is 13.9. The van der Waals surface area contributed by atoms with E-state index in [-0.39, 0.29) is 5.75 Å². The molecule has 0 fully saturated rings. The number of primary sulfonamides is 1. The maximum atomic E-state index is 11.1. The van der Waals surface area contributed by atoms with Gasteiger partial charge in [-0.25, -0.2) is 18.5 Å². The molecule has 19 heavy (non-hydrogen) atoms. The van der Waals surface area contributed by atoms with E-state index in [9.17, 15) is 8.42 Å². The molecular weight excluding hydrogens is 264 g/mol. The lowest BCUT2D eigenvalue weighted by molar-refractivity contribution is 0.594. The third-order valence-corrected chi connectivity index (χ3v) is 3.28. The molecule has 0 bridgehead atoms. The van der Waals surface area contributed by atoms with Crippen LogP contribution in [-0.2, 0) is 22.3 Å². The van der Waals surface area contributed by atoms with E-state index in [2.05, 4.69) is 4.98 Å². The van der Waals surface area contributed by atoms with E-state index in [0.29, 0.717) is 17.8 Å². The van der Waals surface area contributed by atoms with Crippen LogP contribution in [0.2, 0.25) is 0 Å². The van der Waals surface area contributed by atoms with E-state index >= 15 is 0 Å². The number of sulfonamides is 1. The molecule has 0 saturated carbocycles. The van der Waals surface area contributed by atoms with Gasteiger partial charge >= 0.3 is 0 Å². The molecule has 1 aromatic carbocycles. The highest BCUT2D eigenvalue weighted by Crippen LogP contribution is 2.09. The number of nitrogens with two attached hydrogens (primary N) is 1. The predicted octanol–water partition coefficient (Wildman–Crippen LogP) is 0.592. The van der Waals surface area contributed by atoms with Gasteiger partial charge in [0.2, 0.25) is 10.0 Å². The average molecular weight is 276 g/mol. The number of hydrogen-bond acceptors (Lipinski definition) is 4. The standard InChI is InChI=1S/C12H12N4O2S/c13-5-10-1-3-11(4-2-10)7-16-9-15-6-12(16)8-19(14,17)18/h1-4,6,9H,7-8H2,(H2,14,17,18). The molecule has 2 rings (SSSR count). The summed E-state index contributed by atoms with van der Waals surface area (Å²) in [6, 6.07) is 9.11. The highest BCUT2D eigenvalue weighted by Gasteiger charge is 2.10. The van der Waals surface area contributed by atoms with Crippen molar-refractivity contribution in [2.45, 2.75) is 12.3 Å². The fraction of sp³-hybridized carbons (Fsp3) is 0.167. The minimum atomic E-state index is -3.58. The number of rotatable bonds is 4. The van der Waals surface area contributed by atoms with E-state index in [1.54, 1.807) is 23.0 Å². The van der Waals surface area contributed by atoms with Crippen LogP contribution >= 0.6 is 0 Å². The first kappa shape index (κ1) is 13.3. The smallest absolute Gasteiger partial charge is 0.214 e. The Morgan fingerprint density at radius 1 is 1.32 bits per heavy atom. The molecule has 98 valence electrons. The van der Waals surface area contributed by atoms with Crippen molar-refractivity contribution < 1.29 is 8.42 Å². The molecule has 0 saturated heterocycles. The minimum absolute atomic E-state index is 0.247. The molecular formula is C12H12N4O2S. The van der Waals surface area contributed by atoms with Gasteiger partial charge in [0.15, 0.2) is 0 Å². The maximum absolute atomic E-state index is 11.1. The van der Waals surface area contributed by atoms with Gasteiger partial charge in [0.1, 0.15) is 5.75 Å². The molecule has 0 radical (unpaired) electrons. The Balaban J connectivity index is 2.19. The topological polar surface area (TPSA) is 102 Å². The van der Waals surface area contributed by atoms with Crippen LogP contribution in [0.5, 0.6) is 0 Å². The largest absolute Gasteiger partial charge is 0.329 e. The van der Waals surface area contributed by atoms with Crippen LogP contribution < -0.4 is 5.14 Å². The van der Waals surface area contributed by atoms with Crippen molar-refractivity contribution >= 4 is 10.0 Å². The van der Waals surface area contributed by atoms with Gasteiger partial charge in [0.05, 0.1) is 23.7 Å². The summed E-state index contributed by atoms with van der Waals surface area (Å²) in [5, 5.41) is 13.7. The highest BCUT2D eigenvalue weighted by molar-refractivity contribution is 7.88. The van der Waals surface area contributed by atoms with E-state index in [1.165, 1.54) is 6.20 Å². The Hall–Kier alpha value is -2.17. The van der Waals surface area contributed by atoms with Gasteiger partial charge < -0.3 is 4.57 Å². The Bertz CT molecular complexity index is 711. The van der Waals surface area contributed by atoms with Crippen molar-refractivity contribution in [1.29, 1.82) is 5.26 Å². The summed E-state index contributed by atoms with van der Waals surface area (Å²) < 4.78 is 23.9. The Labute approximate surface area is 111 Å². The summed E-state index contributed by atoms with van der Waals surface area (Å²) in [5.41, 5.74) is 2.07. The molecule has 1 heterocycles. The molecule has 2 aromatic rings. The number of aromatic nitrogens is 2. The summed E-state index contributed by atoms with van der Waals surface area (Å²) in [5.74, 6) is -0.247. The molecule has 6 nitrogen and oxygen atoms in total. The van der Waals surface area contributed by atoms with Crippen LogP contribution in [0.3, 0.4) is 0 Å². The second kappa shape index (κ2) is 5.22. The van der Waals surface area contributed by atoms with Crippen LogP contribution in [0, 0.1) is 11.3 Å². The molecule has 1 aromatic heterocycles. The molecule has 0 aliphatic carbocycles. The van der Waals surface area contributed by atoms with Gasteiger partial charge in [-0.3, -0.25) is 0 Å². The van der Waals surface area contributed by atoms with Crippen LogP contribution in [0.4, 0.5) is 0 Å². The van der Waals surface area contributed by atoms with Gasteiger partial charge in [-0.05, 0) is 17.7 Å². The third kappa shape index (κ3) is 3.64.